The van der Waals surface area contributed by atoms with Crippen LogP contribution in [-0.4, -0.2) is 127 Å². The summed E-state index contributed by atoms with van der Waals surface area (Å²) in [5.41, 5.74) is 0. The molecule has 0 aromatic heterocycles. The van der Waals surface area contributed by atoms with Crippen LogP contribution in [0.25, 0.3) is 0 Å². The van der Waals surface area contributed by atoms with Crippen LogP contribution in [0.15, 0.2) is 0 Å². The number of rotatable bonds is 28. The van der Waals surface area contributed by atoms with Gasteiger partial charge in [0.05, 0.1) is 166 Å². The molecule has 0 aliphatic carbocycles. The van der Waals surface area contributed by atoms with Gasteiger partial charge in [-0.15, -0.1) is 0 Å². The van der Waals surface area contributed by atoms with Crippen LogP contribution in [-0.2, 0) is 52.1 Å². The van der Waals surface area contributed by atoms with Gasteiger partial charge in [-0.05, 0) is 0 Å². The van der Waals surface area contributed by atoms with Gasteiger partial charge in [0.1, 0.15) is 48.8 Å². The highest BCUT2D eigenvalue weighted by Gasteiger charge is 2.54. The zero-order valence-electron chi connectivity index (χ0n) is 30.6. The van der Waals surface area contributed by atoms with E-state index in [1.165, 1.54) is 0 Å². The topological polar surface area (TPSA) is 292 Å². The minimum Gasteiger partial charge on any atom is -0.378 e. The number of nitrogens with zero attached hydrogens (tertiary/aromatic N) is 8. The standard InChI is InChI=1S/C36H46N8O11/c37-9-1-17-45-25-27-29(47-19-3-11-39)31(48-20-4-12-40)34(51-23-7-15-43)36(54-27)55-30-28(26-46-18-2-10-38)53-35(52-24-8-16-44)33(50-22-6-14-42)32(30)49-21-5-13-41/h27-36H,1-8,17-26H2. The molecule has 19 heteroatoms. The summed E-state index contributed by atoms with van der Waals surface area (Å²) in [4.78, 5) is 0. The Morgan fingerprint density at radius 2 is 0.636 bits per heavy atom. The van der Waals surface area contributed by atoms with Crippen LogP contribution in [0.3, 0.4) is 0 Å². The summed E-state index contributed by atoms with van der Waals surface area (Å²) in [7, 11) is 0. The van der Waals surface area contributed by atoms with E-state index in [9.17, 15) is 31.6 Å². The first-order chi connectivity index (χ1) is 27.0. The van der Waals surface area contributed by atoms with E-state index < -0.39 is 61.4 Å². The Bertz CT molecular complexity index is 1440. The lowest BCUT2D eigenvalue weighted by atomic mass is 9.96. The Morgan fingerprint density at radius 3 is 1.07 bits per heavy atom. The van der Waals surface area contributed by atoms with Crippen LogP contribution in [0.2, 0.25) is 0 Å². The highest BCUT2D eigenvalue weighted by atomic mass is 16.8. The van der Waals surface area contributed by atoms with Crippen molar-refractivity contribution in [1.29, 1.82) is 42.1 Å². The smallest absolute Gasteiger partial charge is 0.187 e. The lowest BCUT2D eigenvalue weighted by Crippen LogP contribution is -2.66. The van der Waals surface area contributed by atoms with Gasteiger partial charge < -0.3 is 52.1 Å². The lowest BCUT2D eigenvalue weighted by Gasteiger charge is -2.50. The Kier molecular flexibility index (Phi) is 25.3. The molecule has 2 aliphatic heterocycles. The van der Waals surface area contributed by atoms with Gasteiger partial charge in [-0.3, -0.25) is 0 Å². The lowest BCUT2D eigenvalue weighted by molar-refractivity contribution is -0.373. The number of nitriles is 8. The van der Waals surface area contributed by atoms with Crippen molar-refractivity contribution >= 4 is 0 Å². The van der Waals surface area contributed by atoms with Crippen molar-refractivity contribution in [2.45, 2.75) is 113 Å². The molecule has 10 atom stereocenters. The Balaban J connectivity index is 2.69. The zero-order chi connectivity index (χ0) is 39.9. The van der Waals surface area contributed by atoms with Gasteiger partial charge in [0.2, 0.25) is 0 Å². The minimum absolute atomic E-state index is 0.00147. The summed E-state index contributed by atoms with van der Waals surface area (Å²) in [6, 6.07) is 16.1. The Hall–Kier alpha value is -4.52. The first kappa shape index (κ1) is 46.6. The summed E-state index contributed by atoms with van der Waals surface area (Å²) in [5.74, 6) is 0. The van der Waals surface area contributed by atoms with E-state index in [-0.39, 0.29) is 117 Å². The SMILES string of the molecule is N#CCCOCC1OC(OC2C(COCCC#N)OC(OCCC#N)C(OCCC#N)C2OCCC#N)C(OCCC#N)C(OCCC#N)C1OCCC#N. The van der Waals surface area contributed by atoms with Gasteiger partial charge in [0, 0.05) is 0 Å². The minimum atomic E-state index is -1.35. The largest absolute Gasteiger partial charge is 0.378 e. The summed E-state index contributed by atoms with van der Waals surface area (Å²) in [6.07, 6.45) is -10.6. The molecular formula is C36H46N8O11. The molecule has 0 bridgehead atoms. The molecule has 0 spiro atoms. The van der Waals surface area contributed by atoms with Gasteiger partial charge in [-0.2, -0.15) is 42.1 Å². The van der Waals surface area contributed by atoms with E-state index in [4.69, 9.17) is 62.6 Å². The molecule has 10 unspecified atom stereocenters. The maximum atomic E-state index is 9.36. The van der Waals surface area contributed by atoms with Crippen LogP contribution < -0.4 is 0 Å². The maximum absolute atomic E-state index is 9.36. The van der Waals surface area contributed by atoms with Crippen molar-refractivity contribution in [2.75, 3.05) is 66.1 Å². The van der Waals surface area contributed by atoms with Crippen LogP contribution in [0.5, 0.6) is 0 Å². The van der Waals surface area contributed by atoms with E-state index in [0.29, 0.717) is 0 Å². The van der Waals surface area contributed by atoms with Crippen LogP contribution in [0.4, 0.5) is 0 Å². The maximum Gasteiger partial charge on any atom is 0.187 e. The van der Waals surface area contributed by atoms with E-state index in [1.807, 2.05) is 48.6 Å². The monoisotopic (exact) mass is 766 g/mol. The van der Waals surface area contributed by atoms with E-state index in [0.717, 1.165) is 0 Å². The predicted molar refractivity (Wildman–Crippen MR) is 180 cm³/mol. The Morgan fingerprint density at radius 1 is 0.327 bits per heavy atom. The molecule has 2 heterocycles. The summed E-state index contributed by atoms with van der Waals surface area (Å²) >= 11 is 0. The first-order valence-electron chi connectivity index (χ1n) is 17.8. The van der Waals surface area contributed by atoms with Crippen LogP contribution in [0.1, 0.15) is 51.4 Å². The van der Waals surface area contributed by atoms with Gasteiger partial charge in [-0.25, -0.2) is 0 Å². The molecule has 2 fully saturated rings. The molecule has 0 N–H and O–H groups in total. The predicted octanol–water partition coefficient (Wildman–Crippen LogP) is 2.11. The van der Waals surface area contributed by atoms with Crippen molar-refractivity contribution in [1.82, 2.24) is 0 Å². The van der Waals surface area contributed by atoms with Crippen molar-refractivity contribution in [3.8, 4) is 48.6 Å². The molecule has 55 heavy (non-hydrogen) atoms. The fraction of sp³-hybridized carbons (Fsp3) is 0.778. The molecule has 0 radical (unpaired) electrons. The van der Waals surface area contributed by atoms with Crippen molar-refractivity contribution in [3.63, 3.8) is 0 Å². The molecule has 296 valence electrons. The summed E-state index contributed by atoms with van der Waals surface area (Å²) < 4.78 is 68.0. The molecule has 2 aliphatic rings. The summed E-state index contributed by atoms with van der Waals surface area (Å²) in [6.45, 7) is -0.487. The third-order valence-corrected chi connectivity index (χ3v) is 7.87. The highest BCUT2D eigenvalue weighted by molar-refractivity contribution is 4.98. The van der Waals surface area contributed by atoms with Crippen molar-refractivity contribution < 1.29 is 52.1 Å². The molecule has 2 saturated heterocycles. The molecule has 0 aromatic rings. The zero-order valence-corrected chi connectivity index (χ0v) is 30.6. The second-order valence-corrected chi connectivity index (χ2v) is 11.6. The molecule has 19 nitrogen and oxygen atoms in total. The second kappa shape index (κ2) is 29.8. The second-order valence-electron chi connectivity index (χ2n) is 11.6. The molecular weight excluding hydrogens is 720 g/mol. The number of ether oxygens (including phenoxy) is 11. The summed E-state index contributed by atoms with van der Waals surface area (Å²) in [5, 5.41) is 73.9. The third kappa shape index (κ3) is 16.8. The third-order valence-electron chi connectivity index (χ3n) is 7.87. The molecule has 0 aromatic carbocycles. The normalized spacial score (nSPS) is 27.1. The Labute approximate surface area is 321 Å². The van der Waals surface area contributed by atoms with Gasteiger partial charge >= 0.3 is 0 Å². The fourth-order valence-electron chi connectivity index (χ4n) is 5.58. The van der Waals surface area contributed by atoms with Gasteiger partial charge in [-0.1, -0.05) is 0 Å². The fourth-order valence-corrected chi connectivity index (χ4v) is 5.58. The van der Waals surface area contributed by atoms with Crippen LogP contribution in [0, 0.1) is 90.6 Å². The quantitative estimate of drug-likeness (QED) is 0.103. The van der Waals surface area contributed by atoms with E-state index in [2.05, 4.69) is 0 Å². The molecule has 0 amide bonds. The average molecular weight is 767 g/mol. The highest BCUT2D eigenvalue weighted by Crippen LogP contribution is 2.35. The molecule has 0 saturated carbocycles. The van der Waals surface area contributed by atoms with E-state index in [1.54, 1.807) is 0 Å². The number of hydrogen-bond donors (Lipinski definition) is 0. The average Bonchev–Trinajstić information content (AvgIpc) is 3.19. The van der Waals surface area contributed by atoms with Crippen LogP contribution >= 0.6 is 0 Å². The first-order valence-corrected chi connectivity index (χ1v) is 17.8. The van der Waals surface area contributed by atoms with Gasteiger partial charge in [0.25, 0.3) is 0 Å². The van der Waals surface area contributed by atoms with Gasteiger partial charge in [0.15, 0.2) is 12.6 Å². The molecule has 2 rings (SSSR count). The number of hydrogen-bond acceptors (Lipinski definition) is 19. The van der Waals surface area contributed by atoms with Crippen molar-refractivity contribution in [3.05, 3.63) is 0 Å². The van der Waals surface area contributed by atoms with E-state index >= 15 is 0 Å². The van der Waals surface area contributed by atoms with Crippen molar-refractivity contribution in [2.24, 2.45) is 0 Å².